The molecule has 0 aliphatic rings. The van der Waals surface area contributed by atoms with Gasteiger partial charge in [0.15, 0.2) is 0 Å². The Morgan fingerprint density at radius 2 is 1.95 bits per heavy atom. The summed E-state index contributed by atoms with van der Waals surface area (Å²) in [5.74, 6) is 1.18. The Morgan fingerprint density at radius 3 is 2.53 bits per heavy atom. The molecule has 102 valence electrons. The lowest BCUT2D eigenvalue weighted by molar-refractivity contribution is 0.280. The molecule has 19 heavy (non-hydrogen) atoms. The average Bonchev–Trinajstić information content (AvgIpc) is 2.85. The zero-order valence-electron chi connectivity index (χ0n) is 10.8. The van der Waals surface area contributed by atoms with Crippen LogP contribution in [-0.4, -0.2) is 56.0 Å². The van der Waals surface area contributed by atoms with Crippen molar-refractivity contribution in [3.05, 3.63) is 30.5 Å². The molecule has 7 nitrogen and oxygen atoms in total. The van der Waals surface area contributed by atoms with Crippen LogP contribution in [0.2, 0.25) is 0 Å². The van der Waals surface area contributed by atoms with Crippen LogP contribution in [0.15, 0.2) is 24.8 Å². The summed E-state index contributed by atoms with van der Waals surface area (Å²) < 4.78 is 1.73. The molecular formula is C12H17N5O2. The van der Waals surface area contributed by atoms with E-state index in [0.717, 1.165) is 5.69 Å². The van der Waals surface area contributed by atoms with Gasteiger partial charge in [-0.25, -0.2) is 9.97 Å². The molecule has 0 spiro atoms. The van der Waals surface area contributed by atoms with Crippen LogP contribution in [0.5, 0.6) is 0 Å². The first-order chi connectivity index (χ1) is 9.24. The fourth-order valence-electron chi connectivity index (χ4n) is 1.75. The summed E-state index contributed by atoms with van der Waals surface area (Å²) in [6.07, 6.45) is 5.13. The van der Waals surface area contributed by atoms with E-state index in [1.165, 1.54) is 0 Å². The number of aliphatic hydroxyl groups excluding tert-OH is 2. The average molecular weight is 263 g/mol. The van der Waals surface area contributed by atoms with Crippen LogP contribution >= 0.6 is 0 Å². The van der Waals surface area contributed by atoms with Crippen LogP contribution in [0.4, 0.5) is 5.82 Å². The number of aryl methyl sites for hydroxylation is 1. The molecule has 0 atom stereocenters. The maximum absolute atomic E-state index is 9.03. The normalized spacial score (nSPS) is 10.7. The lowest BCUT2D eigenvalue weighted by Gasteiger charge is -2.21. The highest BCUT2D eigenvalue weighted by molar-refractivity contribution is 5.39. The Kier molecular flexibility index (Phi) is 4.43. The maximum Gasteiger partial charge on any atom is 0.236 e. The summed E-state index contributed by atoms with van der Waals surface area (Å²) in [4.78, 5) is 14.5. The molecule has 0 bridgehead atoms. The van der Waals surface area contributed by atoms with Crippen LogP contribution in [-0.2, 0) is 0 Å². The Balaban J connectivity index is 2.27. The number of anilines is 1. The molecular weight excluding hydrogens is 246 g/mol. The molecule has 0 unspecified atom stereocenters. The van der Waals surface area contributed by atoms with Gasteiger partial charge >= 0.3 is 0 Å². The molecule has 0 saturated heterocycles. The van der Waals surface area contributed by atoms with Gasteiger partial charge in [0.2, 0.25) is 5.95 Å². The molecule has 2 heterocycles. The van der Waals surface area contributed by atoms with Crippen LogP contribution < -0.4 is 4.90 Å². The van der Waals surface area contributed by atoms with E-state index in [1.54, 1.807) is 28.1 Å². The van der Waals surface area contributed by atoms with Gasteiger partial charge in [-0.2, -0.15) is 4.98 Å². The molecule has 0 radical (unpaired) electrons. The molecule has 0 aliphatic carbocycles. The Bertz CT molecular complexity index is 522. The van der Waals surface area contributed by atoms with E-state index >= 15 is 0 Å². The van der Waals surface area contributed by atoms with E-state index < -0.39 is 0 Å². The van der Waals surface area contributed by atoms with E-state index in [2.05, 4.69) is 15.0 Å². The number of rotatable bonds is 6. The summed E-state index contributed by atoms with van der Waals surface area (Å²) in [7, 11) is 0. The zero-order chi connectivity index (χ0) is 13.7. The lowest BCUT2D eigenvalue weighted by atomic mass is 10.4. The highest BCUT2D eigenvalue weighted by Crippen LogP contribution is 2.11. The number of aliphatic hydroxyl groups is 2. The number of imidazole rings is 1. The molecule has 0 aliphatic heterocycles. The fourth-order valence-corrected chi connectivity index (χ4v) is 1.75. The number of hydrogen-bond donors (Lipinski definition) is 2. The minimum absolute atomic E-state index is 0.00349. The first-order valence-electron chi connectivity index (χ1n) is 6.05. The molecule has 2 rings (SSSR count). The Labute approximate surface area is 111 Å². The van der Waals surface area contributed by atoms with Crippen molar-refractivity contribution < 1.29 is 10.2 Å². The van der Waals surface area contributed by atoms with Crippen molar-refractivity contribution in [1.82, 2.24) is 19.5 Å². The van der Waals surface area contributed by atoms with Crippen molar-refractivity contribution in [2.45, 2.75) is 6.92 Å². The molecule has 2 N–H and O–H groups in total. The second-order valence-corrected chi connectivity index (χ2v) is 4.07. The molecule has 0 saturated carbocycles. The largest absolute Gasteiger partial charge is 0.395 e. The van der Waals surface area contributed by atoms with Crippen LogP contribution in [0, 0.1) is 6.92 Å². The first-order valence-corrected chi connectivity index (χ1v) is 6.05. The third-order valence-electron chi connectivity index (χ3n) is 2.63. The van der Waals surface area contributed by atoms with E-state index in [1.807, 2.05) is 13.1 Å². The molecule has 0 fully saturated rings. The van der Waals surface area contributed by atoms with Crippen LogP contribution in [0.1, 0.15) is 5.69 Å². The topological polar surface area (TPSA) is 87.3 Å². The van der Waals surface area contributed by atoms with Gasteiger partial charge in [0.25, 0.3) is 0 Å². The van der Waals surface area contributed by atoms with Gasteiger partial charge in [-0.05, 0) is 13.0 Å². The third-order valence-corrected chi connectivity index (χ3v) is 2.63. The van der Waals surface area contributed by atoms with Gasteiger partial charge in [0, 0.05) is 25.5 Å². The molecule has 0 amide bonds. The number of hydrogen-bond acceptors (Lipinski definition) is 6. The summed E-state index contributed by atoms with van der Waals surface area (Å²) in [6, 6.07) is 1.75. The SMILES string of the molecule is Cc1cn(-c2nccc(N(CCO)CCO)n2)cn1. The minimum Gasteiger partial charge on any atom is -0.395 e. The van der Waals surface area contributed by atoms with Crippen molar-refractivity contribution in [1.29, 1.82) is 0 Å². The third kappa shape index (κ3) is 3.27. The van der Waals surface area contributed by atoms with Gasteiger partial charge in [0.05, 0.1) is 18.9 Å². The van der Waals surface area contributed by atoms with E-state index in [4.69, 9.17) is 10.2 Å². The predicted molar refractivity (Wildman–Crippen MR) is 70.3 cm³/mol. The highest BCUT2D eigenvalue weighted by Gasteiger charge is 2.09. The predicted octanol–water partition coefficient (Wildman–Crippen LogP) is -0.238. The van der Waals surface area contributed by atoms with Crippen molar-refractivity contribution in [3.8, 4) is 5.95 Å². The van der Waals surface area contributed by atoms with Gasteiger partial charge in [-0.15, -0.1) is 0 Å². The standard InChI is InChI=1S/C12H17N5O2/c1-10-8-17(9-14-10)12-13-3-2-11(15-12)16(4-6-18)5-7-19/h2-3,8-9,18-19H,4-7H2,1H3. The van der Waals surface area contributed by atoms with E-state index in [-0.39, 0.29) is 13.2 Å². The second-order valence-electron chi connectivity index (χ2n) is 4.07. The van der Waals surface area contributed by atoms with Gasteiger partial charge in [0.1, 0.15) is 12.1 Å². The second kappa shape index (κ2) is 6.26. The zero-order valence-corrected chi connectivity index (χ0v) is 10.8. The van der Waals surface area contributed by atoms with Gasteiger partial charge in [-0.3, -0.25) is 4.57 Å². The van der Waals surface area contributed by atoms with Crippen LogP contribution in [0.3, 0.4) is 0 Å². The summed E-state index contributed by atoms with van der Waals surface area (Å²) in [6.45, 7) is 2.73. The highest BCUT2D eigenvalue weighted by atomic mass is 16.3. The molecule has 7 heteroatoms. The monoisotopic (exact) mass is 263 g/mol. The Hall–Kier alpha value is -1.99. The Morgan fingerprint density at radius 1 is 1.21 bits per heavy atom. The minimum atomic E-state index is 0.00349. The quantitative estimate of drug-likeness (QED) is 0.748. The number of nitrogens with zero attached hydrogens (tertiary/aromatic N) is 5. The smallest absolute Gasteiger partial charge is 0.236 e. The van der Waals surface area contributed by atoms with Crippen molar-refractivity contribution in [2.24, 2.45) is 0 Å². The first kappa shape index (κ1) is 13.4. The van der Waals surface area contributed by atoms with E-state index in [9.17, 15) is 0 Å². The van der Waals surface area contributed by atoms with Crippen molar-refractivity contribution in [3.63, 3.8) is 0 Å². The lowest BCUT2D eigenvalue weighted by Crippen LogP contribution is -2.30. The van der Waals surface area contributed by atoms with Crippen molar-refractivity contribution >= 4 is 5.82 Å². The fraction of sp³-hybridized carbons (Fsp3) is 0.417. The van der Waals surface area contributed by atoms with Crippen LogP contribution in [0.25, 0.3) is 5.95 Å². The van der Waals surface area contributed by atoms with Gasteiger partial charge < -0.3 is 15.1 Å². The van der Waals surface area contributed by atoms with Gasteiger partial charge in [-0.1, -0.05) is 0 Å². The molecule has 2 aromatic heterocycles. The van der Waals surface area contributed by atoms with E-state index in [0.29, 0.717) is 24.9 Å². The number of aromatic nitrogens is 4. The summed E-state index contributed by atoms with van der Waals surface area (Å²) >= 11 is 0. The molecule has 2 aromatic rings. The maximum atomic E-state index is 9.03. The van der Waals surface area contributed by atoms with Crippen molar-refractivity contribution in [2.75, 3.05) is 31.2 Å². The molecule has 0 aromatic carbocycles. The summed E-state index contributed by atoms with van der Waals surface area (Å²) in [5.41, 5.74) is 0.886. The summed E-state index contributed by atoms with van der Waals surface area (Å²) in [5, 5.41) is 18.1.